The van der Waals surface area contributed by atoms with E-state index < -0.39 is 0 Å². The van der Waals surface area contributed by atoms with Crippen LogP contribution in [0.25, 0.3) is 0 Å². The second kappa shape index (κ2) is 8.31. The van der Waals surface area contributed by atoms with Gasteiger partial charge in [0, 0.05) is 10.4 Å². The summed E-state index contributed by atoms with van der Waals surface area (Å²) >= 11 is 3.55. The van der Waals surface area contributed by atoms with Crippen molar-refractivity contribution >= 4 is 15.9 Å². The summed E-state index contributed by atoms with van der Waals surface area (Å²) in [5, 5.41) is 9.72. The molecule has 1 aliphatic rings. The molecule has 3 rings (SSSR count). The molecule has 1 saturated carbocycles. The topological polar surface area (TPSA) is 20.2 Å². The monoisotopic (exact) mass is 386 g/mol. The molecule has 2 aromatic rings. The van der Waals surface area contributed by atoms with Crippen molar-refractivity contribution in [2.45, 2.75) is 57.5 Å². The van der Waals surface area contributed by atoms with Crippen molar-refractivity contribution in [3.8, 4) is 0 Å². The summed E-state index contributed by atoms with van der Waals surface area (Å²) in [5.74, 6) is 1.24. The molecule has 1 atom stereocenters. The predicted octanol–water partition coefficient (Wildman–Crippen LogP) is 6.22. The van der Waals surface area contributed by atoms with Crippen LogP contribution in [0, 0.1) is 12.8 Å². The molecular formula is C22H27BrO. The quantitative estimate of drug-likeness (QED) is 0.646. The van der Waals surface area contributed by atoms with Gasteiger partial charge in [-0.3, -0.25) is 0 Å². The Kier molecular flexibility index (Phi) is 6.13. The molecule has 1 aliphatic carbocycles. The third-order valence-electron chi connectivity index (χ3n) is 5.52. The molecule has 2 heteroatoms. The molecule has 0 aromatic heterocycles. The number of aliphatic hydroxyl groups excluding tert-OH is 1. The highest BCUT2D eigenvalue weighted by molar-refractivity contribution is 9.10. The Morgan fingerprint density at radius 2 is 1.67 bits per heavy atom. The normalized spacial score (nSPS) is 22.3. The first-order valence-electron chi connectivity index (χ1n) is 9.12. The number of hydrogen-bond acceptors (Lipinski definition) is 1. The van der Waals surface area contributed by atoms with E-state index in [4.69, 9.17) is 0 Å². The first-order chi connectivity index (χ1) is 11.6. The Bertz CT molecular complexity index is 641. The van der Waals surface area contributed by atoms with E-state index in [0.29, 0.717) is 5.92 Å². The summed E-state index contributed by atoms with van der Waals surface area (Å²) in [6, 6.07) is 17.6. The highest BCUT2D eigenvalue weighted by atomic mass is 79.9. The fourth-order valence-corrected chi connectivity index (χ4v) is 4.27. The van der Waals surface area contributed by atoms with Crippen LogP contribution >= 0.6 is 15.9 Å². The van der Waals surface area contributed by atoms with Crippen molar-refractivity contribution < 1.29 is 5.11 Å². The number of halogens is 1. The third kappa shape index (κ3) is 4.49. The molecule has 128 valence electrons. The molecule has 1 nitrogen and oxygen atoms in total. The first-order valence-corrected chi connectivity index (χ1v) is 9.92. The van der Waals surface area contributed by atoms with Crippen LogP contribution in [0.2, 0.25) is 0 Å². The van der Waals surface area contributed by atoms with Crippen LogP contribution in [0.1, 0.15) is 61.1 Å². The van der Waals surface area contributed by atoms with Gasteiger partial charge in [0.15, 0.2) is 0 Å². The fourth-order valence-electron chi connectivity index (χ4n) is 4.01. The lowest BCUT2D eigenvalue weighted by Crippen LogP contribution is -2.18. The minimum Gasteiger partial charge on any atom is -0.393 e. The highest BCUT2D eigenvalue weighted by Crippen LogP contribution is 2.36. The van der Waals surface area contributed by atoms with Gasteiger partial charge in [0.1, 0.15) is 0 Å². The van der Waals surface area contributed by atoms with E-state index in [9.17, 15) is 5.11 Å². The van der Waals surface area contributed by atoms with E-state index in [1.54, 1.807) is 0 Å². The minimum atomic E-state index is -0.0557. The summed E-state index contributed by atoms with van der Waals surface area (Å²) in [6.07, 6.45) is 6.72. The molecule has 1 unspecified atom stereocenters. The number of aliphatic hydroxyl groups is 1. The molecule has 0 bridgehead atoms. The molecule has 1 N–H and O–H groups in total. The molecule has 0 saturated heterocycles. The average Bonchev–Trinajstić information content (AvgIpc) is 2.59. The maximum Gasteiger partial charge on any atom is 0.0540 e. The maximum atomic E-state index is 9.72. The zero-order valence-corrected chi connectivity index (χ0v) is 16.0. The van der Waals surface area contributed by atoms with Gasteiger partial charge in [-0.1, -0.05) is 52.3 Å². The molecular weight excluding hydrogens is 360 g/mol. The Hall–Kier alpha value is -1.12. The zero-order chi connectivity index (χ0) is 16.9. The Labute approximate surface area is 154 Å². The van der Waals surface area contributed by atoms with Gasteiger partial charge < -0.3 is 5.11 Å². The molecule has 0 spiro atoms. The second-order valence-electron chi connectivity index (χ2n) is 7.21. The van der Waals surface area contributed by atoms with E-state index in [1.165, 1.54) is 42.4 Å². The lowest BCUT2D eigenvalue weighted by atomic mass is 9.79. The fraction of sp³-hybridized carbons (Fsp3) is 0.455. The lowest BCUT2D eigenvalue weighted by molar-refractivity contribution is 0.105. The van der Waals surface area contributed by atoms with Crippen molar-refractivity contribution in [1.82, 2.24) is 0 Å². The second-order valence-corrected chi connectivity index (χ2v) is 8.13. The molecule has 1 fully saturated rings. The first kappa shape index (κ1) is 17.7. The van der Waals surface area contributed by atoms with Gasteiger partial charge in [-0.2, -0.15) is 0 Å². The van der Waals surface area contributed by atoms with E-state index in [2.05, 4.69) is 71.4 Å². The Morgan fingerprint density at radius 3 is 2.33 bits per heavy atom. The molecule has 0 radical (unpaired) electrons. The van der Waals surface area contributed by atoms with E-state index >= 15 is 0 Å². The van der Waals surface area contributed by atoms with Crippen molar-refractivity contribution in [1.29, 1.82) is 0 Å². The standard InChI is InChI=1S/C22H27BrO/c1-16-4-2-3-5-21(16)22(18-9-11-19(23)12-10-18)15-8-17-6-13-20(24)14-7-17/h2-5,9-12,17,20,22,24H,6-8,13-15H2,1H3. The Morgan fingerprint density at radius 1 is 1.00 bits per heavy atom. The smallest absolute Gasteiger partial charge is 0.0540 e. The number of benzene rings is 2. The van der Waals surface area contributed by atoms with Crippen LogP contribution in [-0.2, 0) is 0 Å². The van der Waals surface area contributed by atoms with Gasteiger partial charge >= 0.3 is 0 Å². The molecule has 24 heavy (non-hydrogen) atoms. The summed E-state index contributed by atoms with van der Waals surface area (Å²) in [5.41, 5.74) is 4.24. The van der Waals surface area contributed by atoms with Crippen LogP contribution in [0.5, 0.6) is 0 Å². The van der Waals surface area contributed by atoms with Crippen molar-refractivity contribution in [3.05, 3.63) is 69.7 Å². The predicted molar refractivity (Wildman–Crippen MR) is 104 cm³/mol. The number of rotatable bonds is 5. The largest absolute Gasteiger partial charge is 0.393 e. The summed E-state index contributed by atoms with van der Waals surface area (Å²) in [6.45, 7) is 2.22. The van der Waals surface area contributed by atoms with Crippen molar-refractivity contribution in [3.63, 3.8) is 0 Å². The highest BCUT2D eigenvalue weighted by Gasteiger charge is 2.22. The molecule has 0 aliphatic heterocycles. The van der Waals surface area contributed by atoms with E-state index in [0.717, 1.165) is 23.2 Å². The van der Waals surface area contributed by atoms with Crippen LogP contribution < -0.4 is 0 Å². The Balaban J connectivity index is 1.77. The number of aryl methyl sites for hydroxylation is 1. The van der Waals surface area contributed by atoms with Crippen LogP contribution in [-0.4, -0.2) is 11.2 Å². The van der Waals surface area contributed by atoms with E-state index in [1.807, 2.05) is 0 Å². The van der Waals surface area contributed by atoms with Gasteiger partial charge in [0.2, 0.25) is 0 Å². The van der Waals surface area contributed by atoms with Gasteiger partial charge in [0.25, 0.3) is 0 Å². The SMILES string of the molecule is Cc1ccccc1C(CCC1CCC(O)CC1)c1ccc(Br)cc1. The summed E-state index contributed by atoms with van der Waals surface area (Å²) < 4.78 is 1.14. The zero-order valence-electron chi connectivity index (χ0n) is 14.4. The van der Waals surface area contributed by atoms with Crippen LogP contribution in [0.15, 0.2) is 53.0 Å². The number of hydrogen-bond donors (Lipinski definition) is 1. The van der Waals surface area contributed by atoms with Crippen molar-refractivity contribution in [2.75, 3.05) is 0 Å². The average molecular weight is 387 g/mol. The summed E-state index contributed by atoms with van der Waals surface area (Å²) in [4.78, 5) is 0. The van der Waals surface area contributed by atoms with Gasteiger partial charge in [-0.15, -0.1) is 0 Å². The van der Waals surface area contributed by atoms with Crippen molar-refractivity contribution in [2.24, 2.45) is 5.92 Å². The van der Waals surface area contributed by atoms with Crippen LogP contribution in [0.4, 0.5) is 0 Å². The molecule has 0 amide bonds. The van der Waals surface area contributed by atoms with Gasteiger partial charge in [0.05, 0.1) is 6.10 Å². The minimum absolute atomic E-state index is 0.0557. The maximum absolute atomic E-state index is 9.72. The summed E-state index contributed by atoms with van der Waals surface area (Å²) in [7, 11) is 0. The third-order valence-corrected chi connectivity index (χ3v) is 6.04. The van der Waals surface area contributed by atoms with Crippen LogP contribution in [0.3, 0.4) is 0 Å². The molecule has 0 heterocycles. The van der Waals surface area contributed by atoms with Gasteiger partial charge in [-0.25, -0.2) is 0 Å². The lowest BCUT2D eigenvalue weighted by Gasteiger charge is -2.28. The van der Waals surface area contributed by atoms with E-state index in [-0.39, 0.29) is 6.10 Å². The van der Waals surface area contributed by atoms with Gasteiger partial charge in [-0.05, 0) is 80.2 Å². The molecule has 2 aromatic carbocycles.